The smallest absolute Gasteiger partial charge is 0.288 e. The van der Waals surface area contributed by atoms with E-state index in [-0.39, 0.29) is 5.56 Å². The largest absolute Gasteiger partial charge is 0.378 e. The minimum atomic E-state index is -0.226. The first-order valence-electron chi connectivity index (χ1n) is 2.86. The van der Waals surface area contributed by atoms with Gasteiger partial charge in [-0.15, -0.1) is 0 Å². The topological polar surface area (TPSA) is 46.0 Å². The minimum Gasteiger partial charge on any atom is -0.378 e. The molecule has 3 nitrogen and oxygen atoms in total. The Hall–Kier alpha value is -1.51. The van der Waals surface area contributed by atoms with Crippen LogP contribution in [-0.2, 0) is 0 Å². The van der Waals surface area contributed by atoms with Crippen molar-refractivity contribution < 1.29 is 4.52 Å². The highest BCUT2D eigenvalue weighted by atomic mass is 16.5. The van der Waals surface area contributed by atoms with E-state index >= 15 is 0 Å². The summed E-state index contributed by atoms with van der Waals surface area (Å²) in [5.74, 6) is 0. The molecule has 0 unspecified atom stereocenters. The van der Waals surface area contributed by atoms with Gasteiger partial charge in [-0.1, -0.05) is 12.1 Å². The number of fused-ring (bicyclic) bond motifs is 1. The zero-order valence-corrected chi connectivity index (χ0v) is 5.05. The maximum absolute atomic E-state index is 10.8. The van der Waals surface area contributed by atoms with Crippen molar-refractivity contribution in [2.75, 3.05) is 0 Å². The maximum atomic E-state index is 10.8. The molecule has 0 spiro atoms. The second-order valence-corrected chi connectivity index (χ2v) is 1.94. The number of benzene rings is 1. The van der Waals surface area contributed by atoms with Crippen LogP contribution >= 0.6 is 0 Å². The van der Waals surface area contributed by atoms with Gasteiger partial charge in [0.15, 0.2) is 5.58 Å². The van der Waals surface area contributed by atoms with Gasteiger partial charge in [0, 0.05) is 0 Å². The van der Waals surface area contributed by atoms with E-state index in [2.05, 4.69) is 11.2 Å². The molecule has 1 N–H and O–H groups in total. The number of aromatic amines is 1. The highest BCUT2D eigenvalue weighted by molar-refractivity contribution is 5.74. The van der Waals surface area contributed by atoms with Crippen LogP contribution in [-0.4, -0.2) is 5.16 Å². The Morgan fingerprint density at radius 1 is 1.60 bits per heavy atom. The van der Waals surface area contributed by atoms with Crippen LogP contribution in [0, 0.1) is 6.07 Å². The molecule has 0 aliphatic rings. The van der Waals surface area contributed by atoms with Gasteiger partial charge in [-0.3, -0.25) is 4.79 Å². The first-order valence-corrected chi connectivity index (χ1v) is 2.86. The number of rotatable bonds is 0. The number of nitrogens with one attached hydrogen (secondary N) is 1. The van der Waals surface area contributed by atoms with Gasteiger partial charge in [0.1, 0.15) is 0 Å². The van der Waals surface area contributed by atoms with Gasteiger partial charge in [-0.25, -0.2) is 0 Å². The molecule has 1 aromatic carbocycles. The molecule has 1 heterocycles. The predicted molar refractivity (Wildman–Crippen MR) is 35.7 cm³/mol. The molecule has 0 bridgehead atoms. The van der Waals surface area contributed by atoms with Crippen LogP contribution < -0.4 is 5.56 Å². The van der Waals surface area contributed by atoms with E-state index in [0.29, 0.717) is 11.0 Å². The van der Waals surface area contributed by atoms with Crippen LogP contribution in [0.25, 0.3) is 11.0 Å². The van der Waals surface area contributed by atoms with Crippen LogP contribution in [0.4, 0.5) is 0 Å². The van der Waals surface area contributed by atoms with Crippen molar-refractivity contribution in [2.45, 2.75) is 0 Å². The van der Waals surface area contributed by atoms with Crippen LogP contribution in [0.3, 0.4) is 0 Å². The fraction of sp³-hybridized carbons (Fsp3) is 0. The Labute approximate surface area is 56.2 Å². The van der Waals surface area contributed by atoms with Gasteiger partial charge >= 0.3 is 0 Å². The summed E-state index contributed by atoms with van der Waals surface area (Å²) in [4.78, 5) is 10.8. The molecule has 0 aliphatic heterocycles. The van der Waals surface area contributed by atoms with Gasteiger partial charge in [0.05, 0.1) is 5.39 Å². The van der Waals surface area contributed by atoms with Crippen LogP contribution in [0.1, 0.15) is 0 Å². The van der Waals surface area contributed by atoms with E-state index in [1.165, 1.54) is 0 Å². The average molecular weight is 134 g/mol. The fourth-order valence-corrected chi connectivity index (χ4v) is 0.836. The molecule has 0 amide bonds. The standard InChI is InChI=1S/C7H4NO2/c9-7-5-3-1-2-4-6(5)10-8-7/h1-2,4H,(H,8,9). The molecule has 3 heteroatoms. The van der Waals surface area contributed by atoms with E-state index in [4.69, 9.17) is 4.52 Å². The predicted octanol–water partition coefficient (Wildman–Crippen LogP) is 0.921. The summed E-state index contributed by atoms with van der Waals surface area (Å²) in [6.45, 7) is 0. The normalized spacial score (nSPS) is 10.4. The summed E-state index contributed by atoms with van der Waals surface area (Å²) in [7, 11) is 0. The lowest BCUT2D eigenvalue weighted by molar-refractivity contribution is 0.449. The van der Waals surface area contributed by atoms with Crippen molar-refractivity contribution in [3.63, 3.8) is 0 Å². The van der Waals surface area contributed by atoms with E-state index in [9.17, 15) is 4.79 Å². The molecule has 2 aromatic rings. The lowest BCUT2D eigenvalue weighted by Crippen LogP contribution is -1.95. The van der Waals surface area contributed by atoms with Gasteiger partial charge < -0.3 is 4.52 Å². The summed E-state index contributed by atoms with van der Waals surface area (Å²) < 4.78 is 4.78. The highest BCUT2D eigenvalue weighted by Gasteiger charge is 1.98. The Morgan fingerprint density at radius 3 is 3.30 bits per heavy atom. The lowest BCUT2D eigenvalue weighted by atomic mass is 10.3. The molecule has 0 atom stereocenters. The van der Waals surface area contributed by atoms with Gasteiger partial charge in [0.2, 0.25) is 0 Å². The monoisotopic (exact) mass is 134 g/mol. The quantitative estimate of drug-likeness (QED) is 0.582. The minimum absolute atomic E-state index is 0.226. The lowest BCUT2D eigenvalue weighted by Gasteiger charge is -1.77. The maximum Gasteiger partial charge on any atom is 0.288 e. The number of hydrogen-bond acceptors (Lipinski definition) is 2. The molecule has 0 aliphatic carbocycles. The van der Waals surface area contributed by atoms with Crippen molar-refractivity contribution in [3.05, 3.63) is 34.6 Å². The van der Waals surface area contributed by atoms with E-state index in [1.54, 1.807) is 18.2 Å². The van der Waals surface area contributed by atoms with E-state index < -0.39 is 0 Å². The Bertz CT molecular complexity index is 399. The summed E-state index contributed by atoms with van der Waals surface area (Å²) in [5.41, 5.74) is 0.322. The summed E-state index contributed by atoms with van der Waals surface area (Å²) in [6.07, 6.45) is 0. The van der Waals surface area contributed by atoms with Crippen molar-refractivity contribution >= 4 is 11.0 Å². The molecule has 10 heavy (non-hydrogen) atoms. The number of aromatic nitrogens is 1. The summed E-state index contributed by atoms with van der Waals surface area (Å²) in [5, 5.41) is 2.69. The second kappa shape index (κ2) is 1.73. The molecular weight excluding hydrogens is 130 g/mol. The summed E-state index contributed by atoms with van der Waals surface area (Å²) in [6, 6.07) is 7.91. The summed E-state index contributed by atoms with van der Waals surface area (Å²) >= 11 is 0. The first kappa shape index (κ1) is 5.29. The fourth-order valence-electron chi connectivity index (χ4n) is 0.836. The van der Waals surface area contributed by atoms with Crippen molar-refractivity contribution in [1.29, 1.82) is 0 Å². The third kappa shape index (κ3) is 0.572. The van der Waals surface area contributed by atoms with Crippen LogP contribution in [0.2, 0.25) is 0 Å². The molecule has 1 aromatic heterocycles. The Morgan fingerprint density at radius 2 is 2.50 bits per heavy atom. The Balaban J connectivity index is 3.07. The zero-order valence-electron chi connectivity index (χ0n) is 5.05. The molecule has 0 saturated heterocycles. The van der Waals surface area contributed by atoms with Crippen LogP contribution in [0.15, 0.2) is 27.5 Å². The number of hydrogen-bond donors (Lipinski definition) is 1. The highest BCUT2D eigenvalue weighted by Crippen LogP contribution is 2.05. The van der Waals surface area contributed by atoms with Gasteiger partial charge in [0.25, 0.3) is 5.56 Å². The molecule has 0 saturated carbocycles. The molecule has 49 valence electrons. The van der Waals surface area contributed by atoms with Gasteiger partial charge in [-0.2, -0.15) is 5.16 Å². The first-order chi connectivity index (χ1) is 4.88. The van der Waals surface area contributed by atoms with Crippen molar-refractivity contribution in [1.82, 2.24) is 5.16 Å². The number of H-pyrrole nitrogens is 1. The zero-order chi connectivity index (χ0) is 6.97. The van der Waals surface area contributed by atoms with Crippen LogP contribution in [0.5, 0.6) is 0 Å². The average Bonchev–Trinajstić information content (AvgIpc) is 2.34. The SMILES string of the molecule is O=c1[nH]oc2ccc[c]c12. The third-order valence-electron chi connectivity index (χ3n) is 1.30. The van der Waals surface area contributed by atoms with Crippen molar-refractivity contribution in [3.8, 4) is 0 Å². The van der Waals surface area contributed by atoms with E-state index in [1.807, 2.05) is 0 Å². The van der Waals surface area contributed by atoms with Gasteiger partial charge in [-0.05, 0) is 12.1 Å². The molecular formula is C7H4NO2. The Kier molecular flexibility index (Phi) is 0.917. The molecule has 0 fully saturated rings. The molecule has 1 radical (unpaired) electrons. The third-order valence-corrected chi connectivity index (χ3v) is 1.30. The van der Waals surface area contributed by atoms with E-state index in [0.717, 1.165) is 0 Å². The van der Waals surface area contributed by atoms with Crippen molar-refractivity contribution in [2.24, 2.45) is 0 Å². The second-order valence-electron chi connectivity index (χ2n) is 1.94. The molecule has 2 rings (SSSR count).